The van der Waals surface area contributed by atoms with Crippen LogP contribution in [0.2, 0.25) is 0 Å². The first-order valence-electron chi connectivity index (χ1n) is 7.41. The van der Waals surface area contributed by atoms with Crippen molar-refractivity contribution in [3.05, 3.63) is 24.3 Å². The summed E-state index contributed by atoms with van der Waals surface area (Å²) in [6.07, 6.45) is 0.384. The van der Waals surface area contributed by atoms with Crippen molar-refractivity contribution >= 4 is 6.09 Å². The van der Waals surface area contributed by atoms with Gasteiger partial charge in [0.2, 0.25) is 0 Å². The number of halogens is 2. The molecule has 0 bridgehead atoms. The number of ether oxygens (including phenoxy) is 3. The monoisotopic (exact) mass is 329 g/mol. The van der Waals surface area contributed by atoms with Crippen LogP contribution < -0.4 is 14.8 Å². The van der Waals surface area contributed by atoms with E-state index in [-0.39, 0.29) is 23.5 Å². The van der Waals surface area contributed by atoms with E-state index in [4.69, 9.17) is 9.47 Å². The molecule has 5 nitrogen and oxygen atoms in total. The van der Waals surface area contributed by atoms with Gasteiger partial charge in [0.05, 0.1) is 0 Å². The third-order valence-electron chi connectivity index (χ3n) is 3.14. The van der Waals surface area contributed by atoms with E-state index < -0.39 is 12.7 Å². The van der Waals surface area contributed by atoms with Crippen molar-refractivity contribution < 1.29 is 27.8 Å². The minimum Gasteiger partial charge on any atom is -0.490 e. The third-order valence-corrected chi connectivity index (χ3v) is 3.14. The molecule has 1 aliphatic carbocycles. The molecule has 0 unspecified atom stereocenters. The van der Waals surface area contributed by atoms with Gasteiger partial charge in [-0.2, -0.15) is 8.78 Å². The predicted molar refractivity (Wildman–Crippen MR) is 79.9 cm³/mol. The fraction of sp³-hybridized carbons (Fsp3) is 0.562. The maximum absolute atomic E-state index is 12.2. The lowest BCUT2D eigenvalue weighted by atomic mass is 9.92. The van der Waals surface area contributed by atoms with Crippen molar-refractivity contribution in [2.45, 2.75) is 58.0 Å². The highest BCUT2D eigenvalue weighted by Gasteiger charge is 2.34. The number of alkyl halides is 2. The first kappa shape index (κ1) is 17.3. The molecule has 1 fully saturated rings. The zero-order valence-electron chi connectivity index (χ0n) is 13.3. The maximum atomic E-state index is 12.2. The van der Waals surface area contributed by atoms with Gasteiger partial charge in [-0.15, -0.1) is 0 Å². The number of hydrogen-bond acceptors (Lipinski definition) is 4. The average Bonchev–Trinajstić information content (AvgIpc) is 2.33. The van der Waals surface area contributed by atoms with Crippen molar-refractivity contribution in [1.29, 1.82) is 0 Å². The minimum atomic E-state index is -2.87. The number of alkyl carbamates (subject to hydrolysis) is 1. The molecule has 7 heteroatoms. The lowest BCUT2D eigenvalue weighted by Gasteiger charge is -2.35. The number of carbonyl (C=O) groups is 1. The second-order valence-corrected chi connectivity index (χ2v) is 6.47. The van der Waals surface area contributed by atoms with Gasteiger partial charge in [-0.1, -0.05) is 6.07 Å². The van der Waals surface area contributed by atoms with E-state index in [2.05, 4.69) is 10.1 Å². The first-order chi connectivity index (χ1) is 10.7. The quantitative estimate of drug-likeness (QED) is 0.894. The molecule has 0 spiro atoms. The van der Waals surface area contributed by atoms with E-state index in [1.54, 1.807) is 12.1 Å². The Balaban J connectivity index is 1.75. The summed E-state index contributed by atoms with van der Waals surface area (Å²) in [7, 11) is 0. The van der Waals surface area contributed by atoms with Crippen LogP contribution in [0.15, 0.2) is 24.3 Å². The van der Waals surface area contributed by atoms with Crippen LogP contribution >= 0.6 is 0 Å². The van der Waals surface area contributed by atoms with Gasteiger partial charge in [0.15, 0.2) is 0 Å². The SMILES string of the molecule is CC(C)(C)NC(=O)OC1CC(Oc2cccc(OC(F)F)c2)C1. The summed E-state index contributed by atoms with van der Waals surface area (Å²) in [5.41, 5.74) is -0.345. The van der Waals surface area contributed by atoms with Crippen molar-refractivity contribution in [3.8, 4) is 11.5 Å². The van der Waals surface area contributed by atoms with Gasteiger partial charge in [-0.05, 0) is 32.9 Å². The Kier molecular flexibility index (Phi) is 5.28. The average molecular weight is 329 g/mol. The van der Waals surface area contributed by atoms with Gasteiger partial charge < -0.3 is 19.5 Å². The van der Waals surface area contributed by atoms with Crippen LogP contribution in [-0.2, 0) is 4.74 Å². The van der Waals surface area contributed by atoms with E-state index in [0.29, 0.717) is 18.6 Å². The summed E-state index contributed by atoms with van der Waals surface area (Å²) in [5, 5.41) is 2.72. The van der Waals surface area contributed by atoms with E-state index >= 15 is 0 Å². The smallest absolute Gasteiger partial charge is 0.407 e. The molecule has 1 aliphatic rings. The van der Waals surface area contributed by atoms with Gasteiger partial charge in [0.1, 0.15) is 23.7 Å². The van der Waals surface area contributed by atoms with Gasteiger partial charge in [0, 0.05) is 24.4 Å². The molecule has 0 saturated heterocycles. The minimum absolute atomic E-state index is 0.0502. The van der Waals surface area contributed by atoms with Crippen LogP contribution in [0.5, 0.6) is 11.5 Å². The van der Waals surface area contributed by atoms with E-state index in [1.165, 1.54) is 12.1 Å². The van der Waals surface area contributed by atoms with Crippen molar-refractivity contribution in [2.75, 3.05) is 0 Å². The van der Waals surface area contributed by atoms with Crippen LogP contribution in [-0.4, -0.2) is 30.5 Å². The largest absolute Gasteiger partial charge is 0.490 e. The van der Waals surface area contributed by atoms with E-state index in [1.807, 2.05) is 20.8 Å². The highest BCUT2D eigenvalue weighted by Crippen LogP contribution is 2.30. The Morgan fingerprint density at radius 1 is 1.22 bits per heavy atom. The summed E-state index contributed by atoms with van der Waals surface area (Å²) in [4.78, 5) is 11.6. The number of nitrogens with one attached hydrogen (secondary N) is 1. The molecule has 1 N–H and O–H groups in total. The molecule has 0 atom stereocenters. The zero-order chi connectivity index (χ0) is 17.0. The summed E-state index contributed by atoms with van der Waals surface area (Å²) >= 11 is 0. The molecule has 1 aromatic rings. The molecule has 1 amide bonds. The van der Waals surface area contributed by atoms with Crippen molar-refractivity contribution in [1.82, 2.24) is 5.32 Å². The molecule has 2 rings (SSSR count). The number of hydrogen-bond donors (Lipinski definition) is 1. The number of benzene rings is 1. The Bertz CT molecular complexity index is 539. The fourth-order valence-electron chi connectivity index (χ4n) is 2.11. The van der Waals surface area contributed by atoms with E-state index in [9.17, 15) is 13.6 Å². The van der Waals surface area contributed by atoms with Crippen molar-refractivity contribution in [2.24, 2.45) is 0 Å². The fourth-order valence-corrected chi connectivity index (χ4v) is 2.11. The van der Waals surface area contributed by atoms with Crippen LogP contribution in [0.4, 0.5) is 13.6 Å². The number of carbonyl (C=O) groups excluding carboxylic acids is 1. The molecular formula is C16H21F2NO4. The number of rotatable bonds is 5. The molecule has 0 heterocycles. The summed E-state index contributed by atoms with van der Waals surface area (Å²) in [6.45, 7) is 2.74. The lowest BCUT2D eigenvalue weighted by Crippen LogP contribution is -2.46. The second kappa shape index (κ2) is 7.02. The molecule has 1 saturated carbocycles. The Morgan fingerprint density at radius 2 is 1.87 bits per heavy atom. The van der Waals surface area contributed by atoms with Gasteiger partial charge >= 0.3 is 12.7 Å². The highest BCUT2D eigenvalue weighted by molar-refractivity contribution is 5.68. The molecule has 0 aliphatic heterocycles. The molecule has 0 aromatic heterocycles. The standard InChI is InChI=1S/C16H21F2NO4/c1-16(2,3)19-15(20)23-13-8-12(9-13)21-10-5-4-6-11(7-10)22-14(17)18/h4-7,12-14H,8-9H2,1-3H3,(H,19,20). The molecule has 128 valence electrons. The van der Waals surface area contributed by atoms with Crippen LogP contribution in [0, 0.1) is 0 Å². The number of amides is 1. The topological polar surface area (TPSA) is 56.8 Å². The van der Waals surface area contributed by atoms with Gasteiger partial charge in [0.25, 0.3) is 0 Å². The van der Waals surface area contributed by atoms with Gasteiger partial charge in [-0.25, -0.2) is 4.79 Å². The highest BCUT2D eigenvalue weighted by atomic mass is 19.3. The first-order valence-corrected chi connectivity index (χ1v) is 7.41. The lowest BCUT2D eigenvalue weighted by molar-refractivity contribution is -0.0502. The predicted octanol–water partition coefficient (Wildman–Crippen LogP) is 3.72. The molecule has 1 aromatic carbocycles. The Morgan fingerprint density at radius 3 is 2.48 bits per heavy atom. The maximum Gasteiger partial charge on any atom is 0.407 e. The van der Waals surface area contributed by atoms with Crippen LogP contribution in [0.3, 0.4) is 0 Å². The third kappa shape index (κ3) is 5.92. The van der Waals surface area contributed by atoms with Crippen LogP contribution in [0.25, 0.3) is 0 Å². The molecular weight excluding hydrogens is 308 g/mol. The second-order valence-electron chi connectivity index (χ2n) is 6.47. The van der Waals surface area contributed by atoms with E-state index in [0.717, 1.165) is 0 Å². The summed E-state index contributed by atoms with van der Waals surface area (Å²) in [5.74, 6) is 0.500. The zero-order valence-corrected chi connectivity index (χ0v) is 13.3. The summed E-state index contributed by atoms with van der Waals surface area (Å²) < 4.78 is 39.5. The molecule has 23 heavy (non-hydrogen) atoms. The summed E-state index contributed by atoms with van der Waals surface area (Å²) in [6, 6.07) is 6.09. The van der Waals surface area contributed by atoms with Crippen molar-refractivity contribution in [3.63, 3.8) is 0 Å². The van der Waals surface area contributed by atoms with Gasteiger partial charge in [-0.3, -0.25) is 0 Å². The Hall–Kier alpha value is -2.05. The molecule has 0 radical (unpaired) electrons. The normalized spacial score (nSPS) is 20.6. The Labute approximate surface area is 133 Å². The van der Waals surface area contributed by atoms with Crippen LogP contribution in [0.1, 0.15) is 33.6 Å².